The van der Waals surface area contributed by atoms with Crippen LogP contribution in [0.4, 0.5) is 5.69 Å². The van der Waals surface area contributed by atoms with Gasteiger partial charge in [0.1, 0.15) is 5.75 Å². The van der Waals surface area contributed by atoms with Crippen molar-refractivity contribution in [3.8, 4) is 17.2 Å². The first kappa shape index (κ1) is 21.7. The van der Waals surface area contributed by atoms with Gasteiger partial charge in [-0.15, -0.1) is 0 Å². The van der Waals surface area contributed by atoms with Crippen molar-refractivity contribution in [3.05, 3.63) is 52.9 Å². The highest BCUT2D eigenvalue weighted by Crippen LogP contribution is 2.40. The number of nitrogens with two attached hydrogens (primary N) is 1. The number of carbonyl (C=O) groups is 2. The number of primary amides is 1. The molecule has 0 atom stereocenters. The number of amides is 2. The number of para-hydroxylation sites is 2. The molecule has 0 aromatic heterocycles. The largest absolute Gasteiger partial charge is 0.495 e. The summed E-state index contributed by atoms with van der Waals surface area (Å²) in [6, 6.07) is 12.4. The smallest absolute Gasteiger partial charge is 0.270 e. The van der Waals surface area contributed by atoms with Crippen LogP contribution >= 0.6 is 24.0 Å². The SMILES string of the molecule is CCOc1cc(/C=C2\SC(=S)N(c3ccccc3OC)C2=O)ccc1OCC(N)=O. The van der Waals surface area contributed by atoms with E-state index >= 15 is 0 Å². The van der Waals surface area contributed by atoms with Crippen LogP contribution in [0.25, 0.3) is 6.08 Å². The van der Waals surface area contributed by atoms with Gasteiger partial charge in [0.15, 0.2) is 22.4 Å². The molecule has 2 aromatic carbocycles. The molecule has 1 heterocycles. The minimum atomic E-state index is -0.582. The van der Waals surface area contributed by atoms with E-state index < -0.39 is 5.91 Å². The summed E-state index contributed by atoms with van der Waals surface area (Å²) in [5, 5.41) is 0. The summed E-state index contributed by atoms with van der Waals surface area (Å²) in [5.74, 6) is 0.592. The number of thiocarbonyl (C=S) groups is 1. The van der Waals surface area contributed by atoms with Crippen LogP contribution in [0.15, 0.2) is 47.4 Å². The summed E-state index contributed by atoms with van der Waals surface area (Å²) in [6.45, 7) is 1.99. The second-order valence-corrected chi connectivity index (χ2v) is 7.76. The number of carbonyl (C=O) groups excluding carboxylic acids is 2. The maximum absolute atomic E-state index is 13.0. The van der Waals surface area contributed by atoms with E-state index in [1.54, 1.807) is 43.5 Å². The number of hydrogen-bond donors (Lipinski definition) is 1. The third-order valence-electron chi connectivity index (χ3n) is 4.06. The van der Waals surface area contributed by atoms with Crippen molar-refractivity contribution in [2.24, 2.45) is 5.73 Å². The third kappa shape index (κ3) is 4.74. The van der Waals surface area contributed by atoms with Gasteiger partial charge in [-0.25, -0.2) is 0 Å². The Morgan fingerprint density at radius 2 is 1.93 bits per heavy atom. The van der Waals surface area contributed by atoms with Gasteiger partial charge in [0.2, 0.25) is 0 Å². The molecule has 0 unspecified atom stereocenters. The third-order valence-corrected chi connectivity index (χ3v) is 5.36. The van der Waals surface area contributed by atoms with Gasteiger partial charge in [-0.3, -0.25) is 14.5 Å². The Kier molecular flexibility index (Phi) is 6.96. The molecule has 1 saturated heterocycles. The van der Waals surface area contributed by atoms with Crippen LogP contribution in [0, 0.1) is 0 Å². The topological polar surface area (TPSA) is 91.1 Å². The Morgan fingerprint density at radius 1 is 1.17 bits per heavy atom. The Hall–Kier alpha value is -3.04. The first-order chi connectivity index (χ1) is 14.4. The number of hydrogen-bond acceptors (Lipinski definition) is 7. The number of benzene rings is 2. The molecule has 156 valence electrons. The lowest BCUT2D eigenvalue weighted by atomic mass is 10.1. The normalized spacial score (nSPS) is 14.9. The monoisotopic (exact) mass is 444 g/mol. The second-order valence-electron chi connectivity index (χ2n) is 6.08. The van der Waals surface area contributed by atoms with Crippen LogP contribution in [-0.4, -0.2) is 36.5 Å². The van der Waals surface area contributed by atoms with E-state index in [1.807, 2.05) is 19.1 Å². The second kappa shape index (κ2) is 9.64. The molecule has 0 radical (unpaired) electrons. The number of methoxy groups -OCH3 is 1. The zero-order valence-electron chi connectivity index (χ0n) is 16.4. The highest BCUT2D eigenvalue weighted by atomic mass is 32.2. The van der Waals surface area contributed by atoms with Gasteiger partial charge in [0.25, 0.3) is 11.8 Å². The first-order valence-electron chi connectivity index (χ1n) is 9.03. The van der Waals surface area contributed by atoms with Crippen LogP contribution in [-0.2, 0) is 9.59 Å². The molecule has 1 aliphatic rings. The fraction of sp³-hybridized carbons (Fsp3) is 0.190. The van der Waals surface area contributed by atoms with Crippen LogP contribution in [0.2, 0.25) is 0 Å². The molecule has 7 nitrogen and oxygen atoms in total. The average molecular weight is 445 g/mol. The minimum Gasteiger partial charge on any atom is -0.495 e. The van der Waals surface area contributed by atoms with Gasteiger partial charge in [0, 0.05) is 0 Å². The van der Waals surface area contributed by atoms with Crippen LogP contribution in [0.5, 0.6) is 17.2 Å². The number of anilines is 1. The van der Waals surface area contributed by atoms with E-state index in [9.17, 15) is 9.59 Å². The van der Waals surface area contributed by atoms with E-state index in [0.29, 0.717) is 38.8 Å². The predicted molar refractivity (Wildman–Crippen MR) is 121 cm³/mol. The van der Waals surface area contributed by atoms with Gasteiger partial charge in [-0.2, -0.15) is 0 Å². The molecule has 1 fully saturated rings. The van der Waals surface area contributed by atoms with Crippen LogP contribution < -0.4 is 24.8 Å². The van der Waals surface area contributed by atoms with Crippen molar-refractivity contribution in [2.45, 2.75) is 6.92 Å². The number of thioether (sulfide) groups is 1. The molecule has 2 N–H and O–H groups in total. The van der Waals surface area contributed by atoms with Crippen molar-refractivity contribution >= 4 is 51.9 Å². The van der Waals surface area contributed by atoms with Gasteiger partial charge >= 0.3 is 0 Å². The van der Waals surface area contributed by atoms with Crippen molar-refractivity contribution < 1.29 is 23.8 Å². The fourth-order valence-electron chi connectivity index (χ4n) is 2.79. The number of rotatable bonds is 8. The predicted octanol–water partition coefficient (Wildman–Crippen LogP) is 3.36. The molecule has 0 saturated carbocycles. The van der Waals surface area contributed by atoms with Gasteiger partial charge in [-0.05, 0) is 42.8 Å². The molecule has 0 aliphatic carbocycles. The molecule has 2 amide bonds. The van der Waals surface area contributed by atoms with Crippen molar-refractivity contribution in [1.29, 1.82) is 0 Å². The zero-order valence-corrected chi connectivity index (χ0v) is 18.0. The summed E-state index contributed by atoms with van der Waals surface area (Å²) in [4.78, 5) is 25.9. The highest BCUT2D eigenvalue weighted by molar-refractivity contribution is 8.27. The molecule has 30 heavy (non-hydrogen) atoms. The average Bonchev–Trinajstić information content (AvgIpc) is 3.00. The fourth-order valence-corrected chi connectivity index (χ4v) is 4.08. The van der Waals surface area contributed by atoms with E-state index in [-0.39, 0.29) is 12.5 Å². The van der Waals surface area contributed by atoms with Crippen molar-refractivity contribution in [2.75, 3.05) is 25.2 Å². The molecule has 2 aromatic rings. The molecule has 0 bridgehead atoms. The van der Waals surface area contributed by atoms with Crippen molar-refractivity contribution in [3.63, 3.8) is 0 Å². The van der Waals surface area contributed by atoms with E-state index in [4.69, 9.17) is 32.2 Å². The molecular formula is C21H20N2O5S2. The molecule has 0 spiro atoms. The van der Waals surface area contributed by atoms with Crippen LogP contribution in [0.3, 0.4) is 0 Å². The molecule has 3 rings (SSSR count). The number of nitrogens with zero attached hydrogens (tertiary/aromatic N) is 1. The van der Waals surface area contributed by atoms with E-state index in [1.165, 1.54) is 16.7 Å². The van der Waals surface area contributed by atoms with Gasteiger partial charge in [-0.1, -0.05) is 42.2 Å². The van der Waals surface area contributed by atoms with E-state index in [0.717, 1.165) is 5.56 Å². The molecular weight excluding hydrogens is 424 g/mol. The summed E-state index contributed by atoms with van der Waals surface area (Å²) >= 11 is 6.64. The molecule has 1 aliphatic heterocycles. The number of ether oxygens (including phenoxy) is 3. The summed E-state index contributed by atoms with van der Waals surface area (Å²) in [7, 11) is 1.55. The Bertz CT molecular complexity index is 1020. The highest BCUT2D eigenvalue weighted by Gasteiger charge is 2.34. The minimum absolute atomic E-state index is 0.235. The first-order valence-corrected chi connectivity index (χ1v) is 10.3. The summed E-state index contributed by atoms with van der Waals surface area (Å²) < 4.78 is 16.7. The lowest BCUT2D eigenvalue weighted by Crippen LogP contribution is -2.27. The lowest BCUT2D eigenvalue weighted by molar-refractivity contribution is -0.120. The summed E-state index contributed by atoms with van der Waals surface area (Å²) in [5.41, 5.74) is 6.45. The quantitative estimate of drug-likeness (QED) is 0.493. The zero-order chi connectivity index (χ0) is 21.7. The summed E-state index contributed by atoms with van der Waals surface area (Å²) in [6.07, 6.45) is 1.73. The molecule has 9 heteroatoms. The van der Waals surface area contributed by atoms with Gasteiger partial charge in [0.05, 0.1) is 24.3 Å². The maximum Gasteiger partial charge on any atom is 0.270 e. The Labute approximate surface area is 183 Å². The Balaban J connectivity index is 1.89. The standard InChI is InChI=1S/C21H20N2O5S2/c1-3-27-17-10-13(8-9-16(17)28-12-19(22)24)11-18-20(25)23(21(29)30-18)14-6-4-5-7-15(14)26-2/h4-11H,3,12H2,1-2H3,(H2,22,24)/b18-11-. The van der Waals surface area contributed by atoms with Gasteiger partial charge < -0.3 is 19.9 Å². The maximum atomic E-state index is 13.0. The van der Waals surface area contributed by atoms with E-state index in [2.05, 4.69) is 0 Å². The Morgan fingerprint density at radius 3 is 2.63 bits per heavy atom. The van der Waals surface area contributed by atoms with Crippen LogP contribution in [0.1, 0.15) is 12.5 Å². The van der Waals surface area contributed by atoms with Crippen molar-refractivity contribution in [1.82, 2.24) is 0 Å². The lowest BCUT2D eigenvalue weighted by Gasteiger charge is -2.17.